The van der Waals surface area contributed by atoms with Crippen LogP contribution in [0.25, 0.3) is 5.57 Å². The molecular formula is C19H16ClNO3. The maximum atomic E-state index is 12.8. The van der Waals surface area contributed by atoms with Gasteiger partial charge in [0.2, 0.25) is 0 Å². The van der Waals surface area contributed by atoms with E-state index in [0.29, 0.717) is 23.6 Å². The summed E-state index contributed by atoms with van der Waals surface area (Å²) in [5.41, 5.74) is 2.19. The fourth-order valence-electron chi connectivity index (χ4n) is 2.67. The lowest BCUT2D eigenvalue weighted by molar-refractivity contribution is -0.119. The lowest BCUT2D eigenvalue weighted by Gasteiger charge is -2.17. The van der Waals surface area contributed by atoms with Crippen LogP contribution in [0, 0.1) is 6.92 Å². The number of hydrogen-bond donors (Lipinski definition) is 0. The van der Waals surface area contributed by atoms with Gasteiger partial charge in [0.1, 0.15) is 10.8 Å². The summed E-state index contributed by atoms with van der Waals surface area (Å²) in [6, 6.07) is 14.2. The number of imide groups is 1. The predicted molar refractivity (Wildman–Crippen MR) is 94.1 cm³/mol. The molecule has 5 heteroatoms. The number of aryl methyl sites for hydroxylation is 1. The number of halogens is 1. The average Bonchev–Trinajstić information content (AvgIpc) is 2.79. The van der Waals surface area contributed by atoms with E-state index >= 15 is 0 Å². The number of para-hydroxylation sites is 1. The SMILES string of the molecule is CCOc1ccc(C2=C(Cl)C(=O)N(c3ccccc3C)C2=O)cc1. The number of benzene rings is 2. The summed E-state index contributed by atoms with van der Waals surface area (Å²) in [5, 5.41) is -0.0626. The molecule has 0 aliphatic carbocycles. The molecule has 0 bridgehead atoms. The van der Waals surface area contributed by atoms with Crippen molar-refractivity contribution >= 4 is 34.7 Å². The van der Waals surface area contributed by atoms with Crippen molar-refractivity contribution in [2.75, 3.05) is 11.5 Å². The monoisotopic (exact) mass is 341 g/mol. The summed E-state index contributed by atoms with van der Waals surface area (Å²) in [6.45, 7) is 4.30. The number of ether oxygens (including phenoxy) is 1. The van der Waals surface area contributed by atoms with Gasteiger partial charge in [-0.15, -0.1) is 0 Å². The first kappa shape index (κ1) is 16.3. The van der Waals surface area contributed by atoms with Gasteiger partial charge in [-0.2, -0.15) is 0 Å². The number of rotatable bonds is 4. The fraction of sp³-hybridized carbons (Fsp3) is 0.158. The molecule has 0 N–H and O–H groups in total. The first-order valence-electron chi connectivity index (χ1n) is 7.62. The molecule has 122 valence electrons. The molecule has 0 aromatic heterocycles. The highest BCUT2D eigenvalue weighted by molar-refractivity contribution is 6.60. The van der Waals surface area contributed by atoms with E-state index in [4.69, 9.17) is 16.3 Å². The molecule has 2 amide bonds. The molecule has 2 aromatic rings. The normalized spacial score (nSPS) is 14.5. The van der Waals surface area contributed by atoms with Crippen molar-refractivity contribution in [2.45, 2.75) is 13.8 Å². The highest BCUT2D eigenvalue weighted by atomic mass is 35.5. The van der Waals surface area contributed by atoms with E-state index in [0.717, 1.165) is 10.5 Å². The third-order valence-electron chi connectivity index (χ3n) is 3.84. The summed E-state index contributed by atoms with van der Waals surface area (Å²) in [4.78, 5) is 26.5. The largest absolute Gasteiger partial charge is 0.494 e. The molecular weight excluding hydrogens is 326 g/mol. The van der Waals surface area contributed by atoms with Crippen molar-refractivity contribution < 1.29 is 14.3 Å². The van der Waals surface area contributed by atoms with Gasteiger partial charge in [0.05, 0.1) is 17.9 Å². The van der Waals surface area contributed by atoms with Crippen molar-refractivity contribution in [2.24, 2.45) is 0 Å². The van der Waals surface area contributed by atoms with Crippen LogP contribution in [0.5, 0.6) is 5.75 Å². The minimum absolute atomic E-state index is 0.0626. The van der Waals surface area contributed by atoms with Gasteiger partial charge in [-0.3, -0.25) is 9.59 Å². The molecule has 4 nitrogen and oxygen atoms in total. The van der Waals surface area contributed by atoms with Crippen molar-refractivity contribution in [3.8, 4) is 5.75 Å². The average molecular weight is 342 g/mol. The number of hydrogen-bond acceptors (Lipinski definition) is 3. The molecule has 0 saturated carbocycles. The molecule has 24 heavy (non-hydrogen) atoms. The van der Waals surface area contributed by atoms with Crippen LogP contribution in [0.15, 0.2) is 53.6 Å². The second-order valence-electron chi connectivity index (χ2n) is 5.38. The second kappa shape index (κ2) is 6.49. The molecule has 0 fully saturated rings. The van der Waals surface area contributed by atoms with Crippen LogP contribution in [-0.4, -0.2) is 18.4 Å². The van der Waals surface area contributed by atoms with E-state index in [1.165, 1.54) is 0 Å². The van der Waals surface area contributed by atoms with Gasteiger partial charge in [0.25, 0.3) is 11.8 Å². The van der Waals surface area contributed by atoms with E-state index in [-0.39, 0.29) is 10.6 Å². The molecule has 1 aliphatic rings. The molecule has 0 radical (unpaired) electrons. The van der Waals surface area contributed by atoms with E-state index in [1.807, 2.05) is 26.0 Å². The van der Waals surface area contributed by atoms with Gasteiger partial charge >= 0.3 is 0 Å². The zero-order valence-corrected chi connectivity index (χ0v) is 14.1. The molecule has 1 heterocycles. The van der Waals surface area contributed by atoms with Crippen molar-refractivity contribution in [1.82, 2.24) is 0 Å². The van der Waals surface area contributed by atoms with E-state index < -0.39 is 11.8 Å². The maximum absolute atomic E-state index is 12.8. The minimum Gasteiger partial charge on any atom is -0.494 e. The molecule has 0 unspecified atom stereocenters. The third kappa shape index (κ3) is 2.69. The van der Waals surface area contributed by atoms with Gasteiger partial charge in [-0.05, 0) is 43.2 Å². The summed E-state index contributed by atoms with van der Waals surface area (Å²) >= 11 is 6.19. The second-order valence-corrected chi connectivity index (χ2v) is 5.76. The zero-order valence-electron chi connectivity index (χ0n) is 13.4. The van der Waals surface area contributed by atoms with Crippen molar-refractivity contribution in [3.05, 3.63) is 64.7 Å². The summed E-state index contributed by atoms with van der Waals surface area (Å²) < 4.78 is 5.39. The van der Waals surface area contributed by atoms with Crippen LogP contribution in [-0.2, 0) is 9.59 Å². The Hall–Kier alpha value is -2.59. The standard InChI is InChI=1S/C19H16ClNO3/c1-3-24-14-10-8-13(9-11-14)16-17(20)19(23)21(18(16)22)15-7-5-4-6-12(15)2/h4-11H,3H2,1-2H3. The Labute approximate surface area is 145 Å². The van der Waals surface area contributed by atoms with Crippen molar-refractivity contribution in [3.63, 3.8) is 0 Å². The maximum Gasteiger partial charge on any atom is 0.277 e. The Kier molecular flexibility index (Phi) is 4.40. The van der Waals surface area contributed by atoms with E-state index in [9.17, 15) is 9.59 Å². The molecule has 1 aliphatic heterocycles. The van der Waals surface area contributed by atoms with E-state index in [2.05, 4.69) is 0 Å². The number of anilines is 1. The number of carbonyl (C=O) groups is 2. The molecule has 0 saturated heterocycles. The Morgan fingerprint density at radius 3 is 2.29 bits per heavy atom. The van der Waals surface area contributed by atoms with Crippen LogP contribution in [0.2, 0.25) is 0 Å². The lowest BCUT2D eigenvalue weighted by Crippen LogP contribution is -2.31. The Morgan fingerprint density at radius 1 is 1.00 bits per heavy atom. The highest BCUT2D eigenvalue weighted by Gasteiger charge is 2.39. The Balaban J connectivity index is 1.99. The Bertz CT molecular complexity index is 840. The zero-order chi connectivity index (χ0) is 17.3. The van der Waals surface area contributed by atoms with Crippen LogP contribution in [0.4, 0.5) is 5.69 Å². The first-order valence-corrected chi connectivity index (χ1v) is 7.99. The molecule has 2 aromatic carbocycles. The third-order valence-corrected chi connectivity index (χ3v) is 4.19. The summed E-state index contributed by atoms with van der Waals surface area (Å²) in [7, 11) is 0. The van der Waals surface area contributed by atoms with Crippen molar-refractivity contribution in [1.29, 1.82) is 0 Å². The quantitative estimate of drug-likeness (QED) is 0.792. The first-order chi connectivity index (χ1) is 11.5. The number of carbonyl (C=O) groups excluding carboxylic acids is 2. The summed E-state index contributed by atoms with van der Waals surface area (Å²) in [6.07, 6.45) is 0. The van der Waals surface area contributed by atoms with Gasteiger partial charge in [-0.25, -0.2) is 4.90 Å². The van der Waals surface area contributed by atoms with Crippen LogP contribution < -0.4 is 9.64 Å². The van der Waals surface area contributed by atoms with Crippen LogP contribution in [0.1, 0.15) is 18.1 Å². The molecule has 3 rings (SSSR count). The van der Waals surface area contributed by atoms with Gasteiger partial charge in [-0.1, -0.05) is 41.9 Å². The summed E-state index contributed by atoms with van der Waals surface area (Å²) in [5.74, 6) is -0.214. The van der Waals surface area contributed by atoms with Crippen LogP contribution >= 0.6 is 11.6 Å². The molecule has 0 spiro atoms. The number of amides is 2. The van der Waals surface area contributed by atoms with E-state index in [1.54, 1.807) is 36.4 Å². The minimum atomic E-state index is -0.500. The van der Waals surface area contributed by atoms with Gasteiger partial charge in [0, 0.05) is 0 Å². The van der Waals surface area contributed by atoms with Gasteiger partial charge in [0.15, 0.2) is 0 Å². The highest BCUT2D eigenvalue weighted by Crippen LogP contribution is 2.36. The topological polar surface area (TPSA) is 46.6 Å². The number of nitrogens with zero attached hydrogens (tertiary/aromatic N) is 1. The van der Waals surface area contributed by atoms with Gasteiger partial charge < -0.3 is 4.74 Å². The lowest BCUT2D eigenvalue weighted by atomic mass is 10.1. The predicted octanol–water partition coefficient (Wildman–Crippen LogP) is 3.92. The fourth-order valence-corrected chi connectivity index (χ4v) is 2.95. The smallest absolute Gasteiger partial charge is 0.277 e. The molecule has 0 atom stereocenters. The van der Waals surface area contributed by atoms with Crippen LogP contribution in [0.3, 0.4) is 0 Å². The Morgan fingerprint density at radius 2 is 1.67 bits per heavy atom.